The molecule has 0 radical (unpaired) electrons. The molecule has 2 saturated carbocycles. The van der Waals surface area contributed by atoms with Gasteiger partial charge in [0.2, 0.25) is 5.91 Å². The molecule has 2 N–H and O–H groups in total. The number of carbonyl (C=O) groups is 1. The predicted octanol–water partition coefficient (Wildman–Crippen LogP) is 1.82. The van der Waals surface area contributed by atoms with Crippen LogP contribution in [0.25, 0.3) is 0 Å². The van der Waals surface area contributed by atoms with E-state index in [1.807, 2.05) is 0 Å². The molecule has 3 nitrogen and oxygen atoms in total. The normalized spacial score (nSPS) is 38.5. The van der Waals surface area contributed by atoms with E-state index < -0.39 is 0 Å². The second kappa shape index (κ2) is 4.60. The molecule has 2 aliphatic carbocycles. The smallest absolute Gasteiger partial charge is 0.237 e. The van der Waals surface area contributed by atoms with E-state index in [0.717, 1.165) is 18.3 Å². The van der Waals surface area contributed by atoms with E-state index in [0.29, 0.717) is 12.1 Å². The maximum absolute atomic E-state index is 12.2. The van der Waals surface area contributed by atoms with Crippen LogP contribution in [0.4, 0.5) is 0 Å². The van der Waals surface area contributed by atoms with Gasteiger partial charge in [-0.1, -0.05) is 12.8 Å². The van der Waals surface area contributed by atoms with Gasteiger partial charge in [0.25, 0.3) is 0 Å². The first-order chi connectivity index (χ1) is 8.24. The molecule has 3 aliphatic rings. The highest BCUT2D eigenvalue weighted by atomic mass is 16.2. The molecule has 0 spiro atoms. The Bertz CT molecular complexity index is 287. The molecule has 4 atom stereocenters. The number of fused-ring (bicyclic) bond motifs is 1. The SMILES string of the molecule is CC(NC(=O)C1CC2CCCCC2N1)C1CC1. The second-order valence-corrected chi connectivity index (χ2v) is 6.24. The fourth-order valence-electron chi connectivity index (χ4n) is 3.56. The van der Waals surface area contributed by atoms with Crippen molar-refractivity contribution in [2.24, 2.45) is 11.8 Å². The first-order valence-corrected chi connectivity index (χ1v) is 7.30. The van der Waals surface area contributed by atoms with E-state index in [2.05, 4.69) is 17.6 Å². The summed E-state index contributed by atoms with van der Waals surface area (Å²) in [6.07, 6.45) is 8.94. The highest BCUT2D eigenvalue weighted by molar-refractivity contribution is 5.82. The second-order valence-electron chi connectivity index (χ2n) is 6.24. The van der Waals surface area contributed by atoms with Crippen molar-refractivity contribution in [1.82, 2.24) is 10.6 Å². The quantitative estimate of drug-likeness (QED) is 0.785. The average molecular weight is 236 g/mol. The Morgan fingerprint density at radius 1 is 1.24 bits per heavy atom. The summed E-state index contributed by atoms with van der Waals surface area (Å²) in [7, 11) is 0. The van der Waals surface area contributed by atoms with Gasteiger partial charge in [0.15, 0.2) is 0 Å². The van der Waals surface area contributed by atoms with Crippen molar-refractivity contribution < 1.29 is 4.79 Å². The molecule has 1 saturated heterocycles. The van der Waals surface area contributed by atoms with Crippen LogP contribution in [0.2, 0.25) is 0 Å². The molecule has 3 rings (SSSR count). The molecule has 3 fully saturated rings. The zero-order valence-electron chi connectivity index (χ0n) is 10.7. The van der Waals surface area contributed by atoms with Gasteiger partial charge < -0.3 is 10.6 Å². The lowest BCUT2D eigenvalue weighted by Crippen LogP contribution is -2.46. The number of nitrogens with one attached hydrogen (secondary N) is 2. The Kier molecular flexibility index (Phi) is 3.12. The summed E-state index contributed by atoms with van der Waals surface area (Å²) >= 11 is 0. The Morgan fingerprint density at radius 2 is 2.00 bits per heavy atom. The summed E-state index contributed by atoms with van der Waals surface area (Å²) < 4.78 is 0. The van der Waals surface area contributed by atoms with Crippen LogP contribution < -0.4 is 10.6 Å². The number of carbonyl (C=O) groups excluding carboxylic acids is 1. The molecule has 96 valence electrons. The Morgan fingerprint density at radius 3 is 2.71 bits per heavy atom. The Hall–Kier alpha value is -0.570. The van der Waals surface area contributed by atoms with E-state index in [4.69, 9.17) is 0 Å². The van der Waals surface area contributed by atoms with Gasteiger partial charge in [-0.05, 0) is 50.9 Å². The molecule has 0 aromatic rings. The van der Waals surface area contributed by atoms with E-state index in [9.17, 15) is 4.79 Å². The van der Waals surface area contributed by atoms with Crippen LogP contribution in [-0.4, -0.2) is 24.0 Å². The summed E-state index contributed by atoms with van der Waals surface area (Å²) in [6.45, 7) is 2.15. The molecule has 1 aliphatic heterocycles. The Balaban J connectivity index is 1.52. The van der Waals surface area contributed by atoms with E-state index in [1.165, 1.54) is 38.5 Å². The summed E-state index contributed by atoms with van der Waals surface area (Å²) in [5, 5.41) is 6.74. The van der Waals surface area contributed by atoms with Gasteiger partial charge in [0.1, 0.15) is 0 Å². The van der Waals surface area contributed by atoms with Crippen LogP contribution in [0.1, 0.15) is 51.9 Å². The molecule has 0 aromatic carbocycles. The van der Waals surface area contributed by atoms with Gasteiger partial charge in [-0.25, -0.2) is 0 Å². The minimum absolute atomic E-state index is 0.0873. The van der Waals surface area contributed by atoms with Gasteiger partial charge in [-0.3, -0.25) is 4.79 Å². The maximum Gasteiger partial charge on any atom is 0.237 e. The number of rotatable bonds is 3. The van der Waals surface area contributed by atoms with Crippen LogP contribution in [-0.2, 0) is 4.79 Å². The van der Waals surface area contributed by atoms with Crippen LogP contribution in [0, 0.1) is 11.8 Å². The number of hydrogen-bond donors (Lipinski definition) is 2. The lowest BCUT2D eigenvalue weighted by atomic mass is 9.85. The zero-order valence-corrected chi connectivity index (χ0v) is 10.7. The van der Waals surface area contributed by atoms with Crippen molar-refractivity contribution in [2.75, 3.05) is 0 Å². The highest BCUT2D eigenvalue weighted by Crippen LogP contribution is 2.34. The molecule has 0 bridgehead atoms. The minimum Gasteiger partial charge on any atom is -0.352 e. The molecule has 0 aromatic heterocycles. The van der Waals surface area contributed by atoms with Gasteiger partial charge in [-0.2, -0.15) is 0 Å². The molecule has 1 heterocycles. The largest absolute Gasteiger partial charge is 0.352 e. The lowest BCUT2D eigenvalue weighted by Gasteiger charge is -2.24. The van der Waals surface area contributed by atoms with Crippen LogP contribution >= 0.6 is 0 Å². The third kappa shape index (κ3) is 2.49. The van der Waals surface area contributed by atoms with Crippen molar-refractivity contribution in [2.45, 2.75) is 70.0 Å². The summed E-state index contributed by atoms with van der Waals surface area (Å²) in [4.78, 5) is 12.2. The Labute approximate surface area is 104 Å². The third-order valence-corrected chi connectivity index (χ3v) is 4.88. The maximum atomic E-state index is 12.2. The minimum atomic E-state index is 0.0873. The van der Waals surface area contributed by atoms with E-state index >= 15 is 0 Å². The standard InChI is InChI=1S/C14H24N2O/c1-9(10-6-7-10)15-14(17)13-8-11-4-2-3-5-12(11)16-13/h9-13,16H,2-8H2,1H3,(H,15,17). The summed E-state index contributed by atoms with van der Waals surface area (Å²) in [5.74, 6) is 1.76. The molecule has 1 amide bonds. The summed E-state index contributed by atoms with van der Waals surface area (Å²) in [6, 6.07) is 1.09. The number of hydrogen-bond acceptors (Lipinski definition) is 2. The van der Waals surface area contributed by atoms with Gasteiger partial charge in [-0.15, -0.1) is 0 Å². The monoisotopic (exact) mass is 236 g/mol. The lowest BCUT2D eigenvalue weighted by molar-refractivity contribution is -0.123. The first kappa shape index (κ1) is 11.5. The van der Waals surface area contributed by atoms with Crippen LogP contribution in [0.3, 0.4) is 0 Å². The molecule has 3 heteroatoms. The fourth-order valence-corrected chi connectivity index (χ4v) is 3.56. The first-order valence-electron chi connectivity index (χ1n) is 7.30. The van der Waals surface area contributed by atoms with Crippen molar-refractivity contribution in [1.29, 1.82) is 0 Å². The zero-order chi connectivity index (χ0) is 11.8. The number of amides is 1. The third-order valence-electron chi connectivity index (χ3n) is 4.88. The van der Waals surface area contributed by atoms with Crippen molar-refractivity contribution in [3.05, 3.63) is 0 Å². The molecular formula is C14H24N2O. The van der Waals surface area contributed by atoms with Gasteiger partial charge in [0.05, 0.1) is 6.04 Å². The topological polar surface area (TPSA) is 41.1 Å². The molecule has 17 heavy (non-hydrogen) atoms. The predicted molar refractivity (Wildman–Crippen MR) is 67.6 cm³/mol. The molecule has 4 unspecified atom stereocenters. The van der Waals surface area contributed by atoms with E-state index in [1.54, 1.807) is 0 Å². The van der Waals surface area contributed by atoms with Crippen molar-refractivity contribution in [3.63, 3.8) is 0 Å². The van der Waals surface area contributed by atoms with Crippen molar-refractivity contribution in [3.8, 4) is 0 Å². The highest BCUT2D eigenvalue weighted by Gasteiger charge is 2.39. The fraction of sp³-hybridized carbons (Fsp3) is 0.929. The average Bonchev–Trinajstić information content (AvgIpc) is 3.08. The van der Waals surface area contributed by atoms with Gasteiger partial charge >= 0.3 is 0 Å². The van der Waals surface area contributed by atoms with Crippen LogP contribution in [0.5, 0.6) is 0 Å². The molecular weight excluding hydrogens is 212 g/mol. The van der Waals surface area contributed by atoms with Gasteiger partial charge in [0, 0.05) is 12.1 Å². The van der Waals surface area contributed by atoms with E-state index in [-0.39, 0.29) is 11.9 Å². The van der Waals surface area contributed by atoms with Crippen molar-refractivity contribution >= 4 is 5.91 Å². The summed E-state index contributed by atoms with van der Waals surface area (Å²) in [5.41, 5.74) is 0. The van der Waals surface area contributed by atoms with Crippen LogP contribution in [0.15, 0.2) is 0 Å².